The molecule has 2 heterocycles. The Balaban J connectivity index is 1.46. The fraction of sp³-hybridized carbons (Fsp3) is 0.679. The number of rotatable bonds is 9. The highest BCUT2D eigenvalue weighted by molar-refractivity contribution is 5.95. The maximum absolute atomic E-state index is 13.7. The van der Waals surface area contributed by atoms with Crippen LogP contribution in [0.3, 0.4) is 0 Å². The van der Waals surface area contributed by atoms with E-state index < -0.39 is 6.04 Å². The van der Waals surface area contributed by atoms with Gasteiger partial charge in [-0.3, -0.25) is 14.4 Å². The van der Waals surface area contributed by atoms with Crippen molar-refractivity contribution in [3.05, 3.63) is 29.8 Å². The highest BCUT2D eigenvalue weighted by Gasteiger charge is 2.43. The molecule has 2 aliphatic heterocycles. The summed E-state index contributed by atoms with van der Waals surface area (Å²) in [5.74, 6) is 1.21. The Morgan fingerprint density at radius 2 is 1.86 bits per heavy atom. The number of likely N-dealkylation sites (tertiary alicyclic amines) is 1. The molecule has 0 bridgehead atoms. The third-order valence-electron chi connectivity index (χ3n) is 8.24. The standard InChI is InChI=1S/C28H42N4O5/c1-19(33)31-17-23(14-26(31)27(34)30-16-21-6-3-5-20(13-21)15-29)32(18-25-7-4-12-37-25)28(35)22-8-10-24(36-2)11-9-22/h8-11,20-21,23,25-26H,3-7,12-18,29H2,1-2H3,(H,30,34). The van der Waals surface area contributed by atoms with Crippen LogP contribution in [-0.2, 0) is 14.3 Å². The lowest BCUT2D eigenvalue weighted by molar-refractivity contribution is -0.137. The smallest absolute Gasteiger partial charge is 0.254 e. The van der Waals surface area contributed by atoms with Gasteiger partial charge in [0.1, 0.15) is 11.8 Å². The number of nitrogens with two attached hydrogens (primary N) is 1. The zero-order chi connectivity index (χ0) is 26.4. The summed E-state index contributed by atoms with van der Waals surface area (Å²) in [5, 5.41) is 3.11. The summed E-state index contributed by atoms with van der Waals surface area (Å²) in [6.45, 7) is 4.25. The minimum absolute atomic E-state index is 0.0392. The zero-order valence-corrected chi connectivity index (χ0v) is 22.2. The Morgan fingerprint density at radius 1 is 1.11 bits per heavy atom. The molecule has 5 unspecified atom stereocenters. The number of nitrogens with one attached hydrogen (secondary N) is 1. The molecule has 0 radical (unpaired) electrons. The van der Waals surface area contributed by atoms with Crippen LogP contribution < -0.4 is 15.8 Å². The molecule has 37 heavy (non-hydrogen) atoms. The molecule has 3 N–H and O–H groups in total. The Labute approximate surface area is 220 Å². The molecule has 0 spiro atoms. The van der Waals surface area contributed by atoms with E-state index in [-0.39, 0.29) is 29.9 Å². The van der Waals surface area contributed by atoms with E-state index in [0.29, 0.717) is 62.4 Å². The summed E-state index contributed by atoms with van der Waals surface area (Å²) in [4.78, 5) is 43.0. The van der Waals surface area contributed by atoms with Crippen LogP contribution >= 0.6 is 0 Å². The van der Waals surface area contributed by atoms with E-state index in [1.165, 1.54) is 6.92 Å². The van der Waals surface area contributed by atoms with E-state index in [4.69, 9.17) is 15.2 Å². The minimum Gasteiger partial charge on any atom is -0.497 e. The average Bonchev–Trinajstić information content (AvgIpc) is 3.60. The van der Waals surface area contributed by atoms with E-state index in [1.54, 1.807) is 36.3 Å². The molecule has 1 saturated carbocycles. The topological polar surface area (TPSA) is 114 Å². The molecule has 9 heteroatoms. The Morgan fingerprint density at radius 3 is 2.51 bits per heavy atom. The van der Waals surface area contributed by atoms with Crippen LogP contribution in [-0.4, -0.2) is 85.6 Å². The van der Waals surface area contributed by atoms with Crippen molar-refractivity contribution in [2.24, 2.45) is 17.6 Å². The van der Waals surface area contributed by atoms with E-state index in [0.717, 1.165) is 38.5 Å². The molecule has 3 amide bonds. The SMILES string of the molecule is COc1ccc(C(=O)N(CC2CCCO2)C2CC(C(=O)NCC3CCCC(CN)C3)N(C(C)=O)C2)cc1. The van der Waals surface area contributed by atoms with Gasteiger partial charge in [0, 0.05) is 38.7 Å². The molecule has 4 rings (SSSR count). The molecule has 5 atom stereocenters. The molecule has 0 aromatic heterocycles. The first-order valence-corrected chi connectivity index (χ1v) is 13.7. The molecule has 1 aromatic rings. The van der Waals surface area contributed by atoms with Gasteiger partial charge < -0.3 is 30.3 Å². The van der Waals surface area contributed by atoms with Crippen LogP contribution in [0.15, 0.2) is 24.3 Å². The molecular weight excluding hydrogens is 472 g/mol. The Kier molecular flexibility index (Phi) is 9.43. The van der Waals surface area contributed by atoms with Crippen LogP contribution in [0.25, 0.3) is 0 Å². The molecule has 3 aliphatic rings. The van der Waals surface area contributed by atoms with Gasteiger partial charge in [-0.15, -0.1) is 0 Å². The average molecular weight is 515 g/mol. The first-order valence-electron chi connectivity index (χ1n) is 13.7. The summed E-state index contributed by atoms with van der Waals surface area (Å²) in [7, 11) is 1.59. The molecule has 1 aliphatic carbocycles. The predicted molar refractivity (Wildman–Crippen MR) is 140 cm³/mol. The van der Waals surface area contributed by atoms with Gasteiger partial charge in [-0.25, -0.2) is 0 Å². The van der Waals surface area contributed by atoms with Gasteiger partial charge in [0.15, 0.2) is 0 Å². The lowest BCUT2D eigenvalue weighted by Crippen LogP contribution is -2.47. The molecule has 3 fully saturated rings. The van der Waals surface area contributed by atoms with Crippen molar-refractivity contribution in [1.82, 2.24) is 15.1 Å². The molecular formula is C28H42N4O5. The van der Waals surface area contributed by atoms with Gasteiger partial charge in [-0.2, -0.15) is 0 Å². The van der Waals surface area contributed by atoms with Gasteiger partial charge in [0.25, 0.3) is 5.91 Å². The first kappa shape index (κ1) is 27.4. The van der Waals surface area contributed by atoms with Crippen LogP contribution in [0, 0.1) is 11.8 Å². The first-order chi connectivity index (χ1) is 17.9. The highest BCUT2D eigenvalue weighted by Crippen LogP contribution is 2.29. The third-order valence-corrected chi connectivity index (χ3v) is 8.24. The van der Waals surface area contributed by atoms with Crippen LogP contribution in [0.2, 0.25) is 0 Å². The summed E-state index contributed by atoms with van der Waals surface area (Å²) < 4.78 is 11.1. The highest BCUT2D eigenvalue weighted by atomic mass is 16.5. The number of methoxy groups -OCH3 is 1. The second kappa shape index (κ2) is 12.7. The van der Waals surface area contributed by atoms with Gasteiger partial charge in [0.05, 0.1) is 19.3 Å². The number of amides is 3. The molecule has 1 aromatic carbocycles. The quantitative estimate of drug-likeness (QED) is 0.522. The van der Waals surface area contributed by atoms with Crippen molar-refractivity contribution in [3.63, 3.8) is 0 Å². The fourth-order valence-electron chi connectivity index (χ4n) is 6.11. The Bertz CT molecular complexity index is 933. The minimum atomic E-state index is -0.591. The van der Waals surface area contributed by atoms with Gasteiger partial charge in [0.2, 0.25) is 11.8 Å². The third kappa shape index (κ3) is 6.82. The number of hydrogen-bond donors (Lipinski definition) is 2. The number of hydrogen-bond acceptors (Lipinski definition) is 6. The predicted octanol–water partition coefficient (Wildman–Crippen LogP) is 2.19. The number of benzene rings is 1. The number of nitrogens with zero attached hydrogens (tertiary/aromatic N) is 2. The molecule has 9 nitrogen and oxygen atoms in total. The van der Waals surface area contributed by atoms with Crippen molar-refractivity contribution in [2.45, 2.75) is 70.1 Å². The summed E-state index contributed by atoms with van der Waals surface area (Å²) in [6.07, 6.45) is 6.66. The van der Waals surface area contributed by atoms with Crippen LogP contribution in [0.1, 0.15) is 62.2 Å². The van der Waals surface area contributed by atoms with Crippen molar-refractivity contribution in [2.75, 3.05) is 39.9 Å². The van der Waals surface area contributed by atoms with Crippen molar-refractivity contribution >= 4 is 17.7 Å². The monoisotopic (exact) mass is 514 g/mol. The van der Waals surface area contributed by atoms with Crippen LogP contribution in [0.5, 0.6) is 5.75 Å². The number of carbonyl (C=O) groups is 3. The van der Waals surface area contributed by atoms with Gasteiger partial charge >= 0.3 is 0 Å². The van der Waals surface area contributed by atoms with Crippen molar-refractivity contribution < 1.29 is 23.9 Å². The van der Waals surface area contributed by atoms with E-state index in [2.05, 4.69) is 5.32 Å². The summed E-state index contributed by atoms with van der Waals surface area (Å²) in [5.41, 5.74) is 6.43. The van der Waals surface area contributed by atoms with Gasteiger partial charge in [-0.05, 0) is 81.2 Å². The largest absolute Gasteiger partial charge is 0.497 e. The normalized spacial score (nSPS) is 27.6. The number of carbonyl (C=O) groups excluding carboxylic acids is 3. The Hall–Kier alpha value is -2.65. The van der Waals surface area contributed by atoms with Crippen molar-refractivity contribution in [1.29, 1.82) is 0 Å². The fourth-order valence-corrected chi connectivity index (χ4v) is 6.11. The molecule has 2 saturated heterocycles. The zero-order valence-electron chi connectivity index (χ0n) is 22.2. The van der Waals surface area contributed by atoms with Gasteiger partial charge in [-0.1, -0.05) is 6.42 Å². The maximum atomic E-state index is 13.7. The molecule has 204 valence electrons. The second-order valence-electron chi connectivity index (χ2n) is 10.8. The van der Waals surface area contributed by atoms with E-state index >= 15 is 0 Å². The lowest BCUT2D eigenvalue weighted by atomic mass is 9.81. The van der Waals surface area contributed by atoms with Crippen LogP contribution in [0.4, 0.5) is 0 Å². The summed E-state index contributed by atoms with van der Waals surface area (Å²) >= 11 is 0. The lowest BCUT2D eigenvalue weighted by Gasteiger charge is -2.31. The van der Waals surface area contributed by atoms with E-state index in [1.807, 2.05) is 4.90 Å². The number of ether oxygens (including phenoxy) is 2. The summed E-state index contributed by atoms with van der Waals surface area (Å²) in [6, 6.07) is 6.19. The van der Waals surface area contributed by atoms with E-state index in [9.17, 15) is 14.4 Å². The van der Waals surface area contributed by atoms with Crippen molar-refractivity contribution in [3.8, 4) is 5.75 Å². The second-order valence-corrected chi connectivity index (χ2v) is 10.8. The maximum Gasteiger partial charge on any atom is 0.254 e.